The van der Waals surface area contributed by atoms with Gasteiger partial charge in [-0.2, -0.15) is 5.11 Å². The van der Waals surface area contributed by atoms with Gasteiger partial charge in [-0.3, -0.25) is 14.6 Å². The topological polar surface area (TPSA) is 110 Å². The summed E-state index contributed by atoms with van der Waals surface area (Å²) in [7, 11) is 2.80. The molecule has 0 radical (unpaired) electrons. The molecule has 2 aromatic carbocycles. The van der Waals surface area contributed by atoms with Gasteiger partial charge in [0.2, 0.25) is 0 Å². The van der Waals surface area contributed by atoms with Crippen LogP contribution in [0, 0.1) is 0 Å². The molecule has 2 aliphatic heterocycles. The van der Waals surface area contributed by atoms with Gasteiger partial charge in [-0.15, -0.1) is 0 Å². The second-order valence-electron chi connectivity index (χ2n) is 7.15. The molecule has 0 aromatic heterocycles. The van der Waals surface area contributed by atoms with Gasteiger partial charge in [0.25, 0.3) is 11.8 Å². The minimum Gasteiger partial charge on any atom is -0.496 e. The Balaban J connectivity index is 1.58. The average molecular weight is 438 g/mol. The van der Waals surface area contributed by atoms with Crippen LogP contribution in [0.15, 0.2) is 52.8 Å². The van der Waals surface area contributed by atoms with Crippen molar-refractivity contribution in [3.63, 3.8) is 0 Å². The van der Waals surface area contributed by atoms with E-state index in [4.69, 9.17) is 14.2 Å². The summed E-state index contributed by atoms with van der Waals surface area (Å²) in [6.07, 6.45) is 0. The molecule has 2 aliphatic rings. The average Bonchev–Trinajstić information content (AvgIpc) is 3.33. The van der Waals surface area contributed by atoms with Crippen LogP contribution in [-0.2, 0) is 20.9 Å². The molecule has 32 heavy (non-hydrogen) atoms. The lowest BCUT2D eigenvalue weighted by Crippen LogP contribution is -2.39. The molecule has 0 bridgehead atoms. The number of fused-ring (bicyclic) bond motifs is 1. The first-order chi connectivity index (χ1) is 15.5. The number of benzene rings is 2. The molecule has 0 spiro atoms. The lowest BCUT2D eigenvalue weighted by molar-refractivity contribution is -0.123. The number of nitrogens with zero attached hydrogens (tertiary/aromatic N) is 4. The van der Waals surface area contributed by atoms with E-state index in [1.165, 1.54) is 19.2 Å². The van der Waals surface area contributed by atoms with Gasteiger partial charge in [-0.05, 0) is 49.4 Å². The maximum atomic E-state index is 13.2. The van der Waals surface area contributed by atoms with Crippen LogP contribution in [0.25, 0.3) is 0 Å². The number of carbonyl (C=O) groups excluding carboxylic acids is 3. The second-order valence-corrected chi connectivity index (χ2v) is 7.15. The molecular weight excluding hydrogens is 416 g/mol. The summed E-state index contributed by atoms with van der Waals surface area (Å²) in [5.41, 5.74) is 1.38. The predicted molar refractivity (Wildman–Crippen MR) is 112 cm³/mol. The molecule has 10 nitrogen and oxygen atoms in total. The fourth-order valence-corrected chi connectivity index (χ4v) is 3.79. The van der Waals surface area contributed by atoms with E-state index < -0.39 is 29.9 Å². The van der Waals surface area contributed by atoms with Gasteiger partial charge < -0.3 is 14.2 Å². The molecular formula is C22H22N4O6. The lowest BCUT2D eigenvalue weighted by Gasteiger charge is -2.22. The van der Waals surface area contributed by atoms with Crippen LogP contribution in [0.5, 0.6) is 11.5 Å². The van der Waals surface area contributed by atoms with Crippen molar-refractivity contribution >= 4 is 23.5 Å². The van der Waals surface area contributed by atoms with E-state index in [0.717, 1.165) is 4.90 Å². The highest BCUT2D eigenvalue weighted by atomic mass is 16.5. The van der Waals surface area contributed by atoms with Crippen LogP contribution in [0.1, 0.15) is 22.8 Å². The van der Waals surface area contributed by atoms with Gasteiger partial charge in [0, 0.05) is 5.56 Å². The molecule has 0 saturated carbocycles. The quantitative estimate of drug-likeness (QED) is 0.482. The number of esters is 1. The van der Waals surface area contributed by atoms with E-state index in [1.807, 2.05) is 6.92 Å². The van der Waals surface area contributed by atoms with Crippen molar-refractivity contribution in [2.75, 3.05) is 25.7 Å². The number of hydrogen-bond donors (Lipinski definition) is 0. The highest BCUT2D eigenvalue weighted by Crippen LogP contribution is 2.34. The zero-order valence-corrected chi connectivity index (χ0v) is 17.8. The SMILES string of the molecule is CCOc1ccc(N2C(=O)[C@@H]3N=NN(Cc4cc(C(=O)OC)ccc4OC)[C@H]3C2=O)cc1. The van der Waals surface area contributed by atoms with Crippen molar-refractivity contribution in [2.24, 2.45) is 10.3 Å². The van der Waals surface area contributed by atoms with Crippen molar-refractivity contribution in [1.29, 1.82) is 0 Å². The van der Waals surface area contributed by atoms with E-state index in [9.17, 15) is 14.4 Å². The smallest absolute Gasteiger partial charge is 0.337 e. The normalized spacial score (nSPS) is 19.3. The fourth-order valence-electron chi connectivity index (χ4n) is 3.79. The van der Waals surface area contributed by atoms with E-state index in [0.29, 0.717) is 34.9 Å². The summed E-state index contributed by atoms with van der Waals surface area (Å²) < 4.78 is 15.6. The monoisotopic (exact) mass is 438 g/mol. The first kappa shape index (κ1) is 21.3. The molecule has 2 amide bonds. The molecule has 2 heterocycles. The van der Waals surface area contributed by atoms with Crippen LogP contribution in [0.3, 0.4) is 0 Å². The summed E-state index contributed by atoms with van der Waals surface area (Å²) in [6, 6.07) is 9.76. The van der Waals surface area contributed by atoms with Crippen molar-refractivity contribution in [2.45, 2.75) is 25.6 Å². The van der Waals surface area contributed by atoms with Crippen LogP contribution in [0.2, 0.25) is 0 Å². The molecule has 10 heteroatoms. The Labute approximate surface area is 184 Å². The number of anilines is 1. The fraction of sp³-hybridized carbons (Fsp3) is 0.318. The number of amides is 2. The Kier molecular flexibility index (Phi) is 5.76. The predicted octanol–water partition coefficient (Wildman–Crippen LogP) is 2.37. The summed E-state index contributed by atoms with van der Waals surface area (Å²) >= 11 is 0. The molecule has 2 aromatic rings. The summed E-state index contributed by atoms with van der Waals surface area (Å²) in [4.78, 5) is 39.1. The number of hydrogen-bond acceptors (Lipinski definition) is 9. The van der Waals surface area contributed by atoms with Crippen molar-refractivity contribution in [3.8, 4) is 11.5 Å². The van der Waals surface area contributed by atoms with Gasteiger partial charge >= 0.3 is 5.97 Å². The lowest BCUT2D eigenvalue weighted by atomic mass is 10.1. The van der Waals surface area contributed by atoms with Crippen molar-refractivity contribution in [3.05, 3.63) is 53.6 Å². The maximum Gasteiger partial charge on any atom is 0.337 e. The number of ether oxygens (including phenoxy) is 3. The molecule has 0 N–H and O–H groups in total. The second kappa shape index (κ2) is 8.66. The Hall–Kier alpha value is -3.95. The van der Waals surface area contributed by atoms with Gasteiger partial charge in [-0.1, -0.05) is 5.22 Å². The van der Waals surface area contributed by atoms with E-state index in [1.54, 1.807) is 42.5 Å². The largest absolute Gasteiger partial charge is 0.496 e. The van der Waals surface area contributed by atoms with Crippen LogP contribution < -0.4 is 14.4 Å². The van der Waals surface area contributed by atoms with Crippen LogP contribution >= 0.6 is 0 Å². The molecule has 4 rings (SSSR count). The van der Waals surface area contributed by atoms with Gasteiger partial charge in [0.05, 0.1) is 38.6 Å². The molecule has 1 fully saturated rings. The molecule has 2 atom stereocenters. The number of rotatable bonds is 7. The Bertz CT molecular complexity index is 1080. The number of imide groups is 1. The first-order valence-electron chi connectivity index (χ1n) is 10.0. The Morgan fingerprint density at radius 1 is 1.06 bits per heavy atom. The molecule has 166 valence electrons. The molecule has 1 saturated heterocycles. The zero-order valence-electron chi connectivity index (χ0n) is 17.8. The first-order valence-corrected chi connectivity index (χ1v) is 10.0. The van der Waals surface area contributed by atoms with Gasteiger partial charge in [-0.25, -0.2) is 9.69 Å². The third kappa shape index (κ3) is 3.64. The van der Waals surface area contributed by atoms with Crippen molar-refractivity contribution in [1.82, 2.24) is 5.01 Å². The maximum absolute atomic E-state index is 13.2. The minimum absolute atomic E-state index is 0.120. The van der Waals surface area contributed by atoms with Gasteiger partial charge in [0.1, 0.15) is 11.5 Å². The van der Waals surface area contributed by atoms with Crippen LogP contribution in [-0.4, -0.2) is 55.7 Å². The van der Waals surface area contributed by atoms with E-state index in [-0.39, 0.29) is 6.54 Å². The van der Waals surface area contributed by atoms with Crippen LogP contribution in [0.4, 0.5) is 5.69 Å². The van der Waals surface area contributed by atoms with E-state index in [2.05, 4.69) is 10.3 Å². The summed E-state index contributed by atoms with van der Waals surface area (Å²) in [5, 5.41) is 9.53. The standard InChI is InChI=1S/C22H22N4O6/c1-4-32-16-8-6-15(7-9-16)26-20(27)18-19(21(26)28)25(24-23-18)12-14-11-13(22(29)31-3)5-10-17(14)30-2/h5-11,18-19H,4,12H2,1-3H3/t18-,19-/m1/s1. The third-order valence-electron chi connectivity index (χ3n) is 5.30. The van der Waals surface area contributed by atoms with Crippen molar-refractivity contribution < 1.29 is 28.6 Å². The molecule has 0 aliphatic carbocycles. The molecule has 0 unspecified atom stereocenters. The minimum atomic E-state index is -0.927. The summed E-state index contributed by atoms with van der Waals surface area (Å²) in [6.45, 7) is 2.51. The van der Waals surface area contributed by atoms with E-state index >= 15 is 0 Å². The van der Waals surface area contributed by atoms with Gasteiger partial charge in [0.15, 0.2) is 12.1 Å². The number of methoxy groups -OCH3 is 2. The highest BCUT2D eigenvalue weighted by molar-refractivity contribution is 6.25. The number of carbonyl (C=O) groups is 3. The third-order valence-corrected chi connectivity index (χ3v) is 5.30. The zero-order chi connectivity index (χ0) is 22.8. The highest BCUT2D eigenvalue weighted by Gasteiger charge is 2.54. The Morgan fingerprint density at radius 2 is 1.81 bits per heavy atom. The summed E-state index contributed by atoms with van der Waals surface area (Å²) in [5.74, 6) is -0.197. The Morgan fingerprint density at radius 3 is 2.47 bits per heavy atom.